The van der Waals surface area contributed by atoms with Gasteiger partial charge in [0, 0.05) is 12.5 Å². The highest BCUT2D eigenvalue weighted by Crippen LogP contribution is 2.31. The summed E-state index contributed by atoms with van der Waals surface area (Å²) in [5.74, 6) is -0.591. The van der Waals surface area contributed by atoms with Gasteiger partial charge in [0.2, 0.25) is 5.91 Å². The monoisotopic (exact) mass is 304 g/mol. The molecule has 1 fully saturated rings. The van der Waals surface area contributed by atoms with Crippen molar-refractivity contribution in [3.63, 3.8) is 0 Å². The molecule has 1 aromatic rings. The topological polar surface area (TPSA) is 81.4 Å². The van der Waals surface area contributed by atoms with Crippen LogP contribution in [0.5, 0.6) is 0 Å². The number of benzene rings is 1. The van der Waals surface area contributed by atoms with Gasteiger partial charge in [0.15, 0.2) is 0 Å². The van der Waals surface area contributed by atoms with Crippen LogP contribution in [-0.2, 0) is 14.3 Å². The van der Waals surface area contributed by atoms with Crippen LogP contribution in [-0.4, -0.2) is 32.1 Å². The van der Waals surface area contributed by atoms with E-state index in [1.54, 1.807) is 0 Å². The van der Waals surface area contributed by atoms with Crippen LogP contribution >= 0.6 is 0 Å². The Balaban J connectivity index is 1.99. The Kier molecular flexibility index (Phi) is 5.95. The normalized spacial score (nSPS) is 22.1. The van der Waals surface area contributed by atoms with Crippen LogP contribution in [0.15, 0.2) is 30.3 Å². The van der Waals surface area contributed by atoms with Gasteiger partial charge < -0.3 is 15.8 Å². The molecule has 5 heteroatoms. The lowest BCUT2D eigenvalue weighted by Crippen LogP contribution is -2.38. The molecule has 0 spiro atoms. The van der Waals surface area contributed by atoms with Crippen molar-refractivity contribution < 1.29 is 14.3 Å². The zero-order valence-corrected chi connectivity index (χ0v) is 13.0. The number of methoxy groups -OCH3 is 1. The van der Waals surface area contributed by atoms with Crippen LogP contribution in [0.4, 0.5) is 0 Å². The molecule has 0 radical (unpaired) electrons. The maximum Gasteiger partial charge on any atom is 0.314 e. The number of hydrogen-bond donors (Lipinski definition) is 2. The molecule has 3 atom stereocenters. The van der Waals surface area contributed by atoms with E-state index in [0.717, 1.165) is 24.8 Å². The van der Waals surface area contributed by atoms with Crippen molar-refractivity contribution in [2.24, 2.45) is 17.6 Å². The lowest BCUT2D eigenvalue weighted by molar-refractivity contribution is -0.142. The van der Waals surface area contributed by atoms with E-state index < -0.39 is 5.92 Å². The summed E-state index contributed by atoms with van der Waals surface area (Å²) in [7, 11) is 1.36. The van der Waals surface area contributed by atoms with E-state index in [2.05, 4.69) is 5.32 Å². The fraction of sp³-hybridized carbons (Fsp3) is 0.529. The second-order valence-corrected chi connectivity index (χ2v) is 5.76. The minimum absolute atomic E-state index is 0.00205. The fourth-order valence-electron chi connectivity index (χ4n) is 3.16. The summed E-state index contributed by atoms with van der Waals surface area (Å²) in [4.78, 5) is 24.3. The first-order chi connectivity index (χ1) is 10.7. The number of nitrogens with one attached hydrogen (secondary N) is 1. The smallest absolute Gasteiger partial charge is 0.314 e. The summed E-state index contributed by atoms with van der Waals surface area (Å²) in [6, 6.07) is 9.36. The van der Waals surface area contributed by atoms with Crippen molar-refractivity contribution in [2.75, 3.05) is 20.2 Å². The molecule has 1 aromatic carbocycles. The lowest BCUT2D eigenvalue weighted by Gasteiger charge is -2.20. The highest BCUT2D eigenvalue weighted by atomic mass is 16.5. The van der Waals surface area contributed by atoms with Gasteiger partial charge in [-0.05, 0) is 30.9 Å². The van der Waals surface area contributed by atoms with Crippen molar-refractivity contribution in [3.05, 3.63) is 35.9 Å². The number of amides is 1. The number of hydrogen-bond acceptors (Lipinski definition) is 4. The highest BCUT2D eigenvalue weighted by Gasteiger charge is 2.32. The Hall–Kier alpha value is -1.88. The van der Waals surface area contributed by atoms with E-state index in [4.69, 9.17) is 10.5 Å². The summed E-state index contributed by atoms with van der Waals surface area (Å²) in [6.07, 6.45) is 2.93. The van der Waals surface area contributed by atoms with E-state index in [-0.39, 0.29) is 30.3 Å². The molecule has 1 aliphatic rings. The Labute approximate surface area is 131 Å². The van der Waals surface area contributed by atoms with Gasteiger partial charge in [-0.3, -0.25) is 9.59 Å². The summed E-state index contributed by atoms with van der Waals surface area (Å²) in [5, 5.41) is 2.91. The van der Waals surface area contributed by atoms with E-state index in [1.165, 1.54) is 7.11 Å². The zero-order chi connectivity index (χ0) is 15.9. The maximum atomic E-state index is 12.3. The summed E-state index contributed by atoms with van der Waals surface area (Å²) in [5.41, 5.74) is 6.57. The first-order valence-corrected chi connectivity index (χ1v) is 7.78. The van der Waals surface area contributed by atoms with Crippen molar-refractivity contribution >= 4 is 11.9 Å². The van der Waals surface area contributed by atoms with Gasteiger partial charge in [-0.2, -0.15) is 0 Å². The molecule has 1 aliphatic carbocycles. The minimum atomic E-state index is -0.479. The van der Waals surface area contributed by atoms with Crippen LogP contribution in [0.3, 0.4) is 0 Å². The van der Waals surface area contributed by atoms with Gasteiger partial charge in [0.05, 0.1) is 13.0 Å². The summed E-state index contributed by atoms with van der Waals surface area (Å²) < 4.78 is 4.86. The molecule has 0 saturated heterocycles. The van der Waals surface area contributed by atoms with Crippen molar-refractivity contribution in [2.45, 2.75) is 25.2 Å². The fourth-order valence-corrected chi connectivity index (χ4v) is 3.16. The van der Waals surface area contributed by atoms with E-state index in [0.29, 0.717) is 6.54 Å². The third kappa shape index (κ3) is 3.85. The number of esters is 1. The number of nitrogens with two attached hydrogens (primary N) is 1. The third-order valence-corrected chi connectivity index (χ3v) is 4.47. The molecule has 1 unspecified atom stereocenters. The van der Waals surface area contributed by atoms with E-state index in [1.807, 2.05) is 30.3 Å². The molecule has 22 heavy (non-hydrogen) atoms. The molecule has 0 aromatic heterocycles. The van der Waals surface area contributed by atoms with Crippen LogP contribution in [0.25, 0.3) is 0 Å². The minimum Gasteiger partial charge on any atom is -0.468 e. The van der Waals surface area contributed by atoms with Crippen molar-refractivity contribution in [3.8, 4) is 0 Å². The van der Waals surface area contributed by atoms with Gasteiger partial charge >= 0.3 is 5.97 Å². The number of ether oxygens (including phenoxy) is 1. The third-order valence-electron chi connectivity index (χ3n) is 4.47. The molecular weight excluding hydrogens is 280 g/mol. The predicted molar refractivity (Wildman–Crippen MR) is 84.1 cm³/mol. The average Bonchev–Trinajstić information content (AvgIpc) is 3.04. The maximum absolute atomic E-state index is 12.3. The Morgan fingerprint density at radius 2 is 2.05 bits per heavy atom. The summed E-state index contributed by atoms with van der Waals surface area (Å²) >= 11 is 0. The standard InChI is InChI=1S/C17H24N2O3/c1-22-17(21)15(12-6-3-2-4-7-12)11-19-16(20)14-9-5-8-13(14)10-18/h2-4,6-7,13-15H,5,8-11,18H2,1H3,(H,19,20)/t13-,14-,15?/m1/s1. The van der Waals surface area contributed by atoms with Gasteiger partial charge in [0.1, 0.15) is 0 Å². The van der Waals surface area contributed by atoms with E-state index >= 15 is 0 Å². The molecule has 2 rings (SSSR count). The van der Waals surface area contributed by atoms with E-state index in [9.17, 15) is 9.59 Å². The number of rotatable bonds is 6. The second kappa shape index (κ2) is 7.94. The molecule has 1 amide bonds. The highest BCUT2D eigenvalue weighted by molar-refractivity contribution is 5.82. The molecule has 0 aliphatic heterocycles. The van der Waals surface area contributed by atoms with Crippen LogP contribution in [0, 0.1) is 11.8 Å². The Morgan fingerprint density at radius 1 is 1.32 bits per heavy atom. The second-order valence-electron chi connectivity index (χ2n) is 5.76. The zero-order valence-electron chi connectivity index (χ0n) is 13.0. The Bertz CT molecular complexity index is 504. The van der Waals surface area contributed by atoms with Gasteiger partial charge in [0.25, 0.3) is 0 Å². The molecule has 5 nitrogen and oxygen atoms in total. The number of carbonyl (C=O) groups is 2. The van der Waals surface area contributed by atoms with Gasteiger partial charge in [-0.25, -0.2) is 0 Å². The van der Waals surface area contributed by atoms with Crippen molar-refractivity contribution in [1.82, 2.24) is 5.32 Å². The molecule has 1 saturated carbocycles. The lowest BCUT2D eigenvalue weighted by atomic mass is 9.94. The summed E-state index contributed by atoms with van der Waals surface area (Å²) in [6.45, 7) is 0.792. The SMILES string of the molecule is COC(=O)C(CNC(=O)[C@@H]1CCC[C@@H]1CN)c1ccccc1. The largest absolute Gasteiger partial charge is 0.468 e. The molecule has 0 heterocycles. The number of carbonyl (C=O) groups excluding carboxylic acids is 2. The average molecular weight is 304 g/mol. The first-order valence-electron chi connectivity index (χ1n) is 7.78. The Morgan fingerprint density at radius 3 is 2.68 bits per heavy atom. The first kappa shape index (κ1) is 16.5. The van der Waals surface area contributed by atoms with Gasteiger partial charge in [-0.1, -0.05) is 36.8 Å². The quantitative estimate of drug-likeness (QED) is 0.779. The molecule has 120 valence electrons. The van der Waals surface area contributed by atoms with Crippen molar-refractivity contribution in [1.29, 1.82) is 0 Å². The molecular formula is C17H24N2O3. The van der Waals surface area contributed by atoms with Crippen LogP contribution in [0.1, 0.15) is 30.7 Å². The van der Waals surface area contributed by atoms with Crippen LogP contribution in [0.2, 0.25) is 0 Å². The molecule has 3 N–H and O–H groups in total. The molecule has 0 bridgehead atoms. The van der Waals surface area contributed by atoms with Gasteiger partial charge in [-0.15, -0.1) is 0 Å². The predicted octanol–water partition coefficient (Wildman–Crippen LogP) is 1.43. The van der Waals surface area contributed by atoms with Crippen LogP contribution < -0.4 is 11.1 Å².